The van der Waals surface area contributed by atoms with Crippen LogP contribution in [-0.4, -0.2) is 16.9 Å². The van der Waals surface area contributed by atoms with Crippen molar-refractivity contribution in [3.63, 3.8) is 0 Å². The molecule has 0 heterocycles. The van der Waals surface area contributed by atoms with E-state index in [1.54, 1.807) is 0 Å². The molecule has 0 fully saturated rings. The van der Waals surface area contributed by atoms with Crippen molar-refractivity contribution < 1.29 is 22.1 Å². The van der Waals surface area contributed by atoms with Gasteiger partial charge in [-0.25, -0.2) is 0 Å². The number of halogens is 1. The second kappa shape index (κ2) is 13.9. The van der Waals surface area contributed by atoms with E-state index in [4.69, 9.17) is 0 Å². The Labute approximate surface area is 229 Å². The first-order valence-corrected chi connectivity index (χ1v) is 14.5. The fourth-order valence-corrected chi connectivity index (χ4v) is 8.52. The minimum absolute atomic E-state index is 0. The van der Waals surface area contributed by atoms with Gasteiger partial charge in [-0.3, -0.25) is 0 Å². The van der Waals surface area contributed by atoms with E-state index in [0.29, 0.717) is 0 Å². The van der Waals surface area contributed by atoms with Gasteiger partial charge in [0.2, 0.25) is 0 Å². The van der Waals surface area contributed by atoms with Gasteiger partial charge in [0.25, 0.3) is 0 Å². The van der Waals surface area contributed by atoms with E-state index < -0.39 is 12.9 Å². The van der Waals surface area contributed by atoms with Crippen molar-refractivity contribution in [2.45, 2.75) is 46.6 Å². The summed E-state index contributed by atoms with van der Waals surface area (Å²) in [5.41, 5.74) is 1.74. The molecule has 0 bridgehead atoms. The Bertz CT molecular complexity index is 1040. The molecule has 0 radical (unpaired) electrons. The Morgan fingerprint density at radius 1 is 0.750 bits per heavy atom. The van der Waals surface area contributed by atoms with Crippen molar-refractivity contribution in [1.29, 1.82) is 0 Å². The molecule has 36 heavy (non-hydrogen) atoms. The molecule has 3 rings (SSSR count). The summed E-state index contributed by atoms with van der Waals surface area (Å²) in [6, 6.07) is 33.0. The number of aliphatic hydroxyl groups is 1. The topological polar surface area (TPSA) is 20.2 Å². The first-order chi connectivity index (χ1) is 16.7. The molecule has 0 aliphatic rings. The molecule has 1 nitrogen and oxygen atoms in total. The van der Waals surface area contributed by atoms with Crippen molar-refractivity contribution in [2.24, 2.45) is 5.92 Å². The monoisotopic (exact) mass is 562 g/mol. The number of benzene rings is 3. The van der Waals surface area contributed by atoms with E-state index in [9.17, 15) is 5.11 Å². The molecule has 0 amide bonds. The van der Waals surface area contributed by atoms with Crippen LogP contribution in [0.1, 0.15) is 41.0 Å². The van der Waals surface area contributed by atoms with Crippen molar-refractivity contribution >= 4 is 23.2 Å². The second-order valence-corrected chi connectivity index (χ2v) is 13.6. The van der Waals surface area contributed by atoms with Gasteiger partial charge in [0.05, 0.1) is 11.8 Å². The summed E-state index contributed by atoms with van der Waals surface area (Å²) in [4.78, 5) is 0. The highest BCUT2D eigenvalue weighted by molar-refractivity contribution is 7.95. The van der Waals surface area contributed by atoms with E-state index in [0.717, 1.165) is 12.6 Å². The summed E-state index contributed by atoms with van der Waals surface area (Å²) >= 11 is 0. The average molecular weight is 564 g/mol. The maximum absolute atomic E-state index is 10.7. The normalized spacial score (nSPS) is 13.2. The van der Waals surface area contributed by atoms with Crippen LogP contribution in [-0.2, 0) is 0 Å². The van der Waals surface area contributed by atoms with Crippen LogP contribution in [0, 0.1) is 5.92 Å². The third-order valence-electron chi connectivity index (χ3n) is 6.56. The Morgan fingerprint density at radius 2 is 1.17 bits per heavy atom. The minimum atomic E-state index is -1.88. The maximum Gasteiger partial charge on any atom is 0.115 e. The third-order valence-corrected chi connectivity index (χ3v) is 10.8. The Kier molecular flexibility index (Phi) is 11.6. The van der Waals surface area contributed by atoms with Crippen molar-refractivity contribution in [1.82, 2.24) is 0 Å². The number of hydrogen-bond donors (Lipinski definition) is 1. The molecule has 3 aromatic carbocycles. The van der Waals surface area contributed by atoms with Crippen LogP contribution in [0.2, 0.25) is 0 Å². The van der Waals surface area contributed by atoms with Gasteiger partial charge < -0.3 is 22.1 Å². The van der Waals surface area contributed by atoms with Crippen LogP contribution in [0.4, 0.5) is 0 Å². The molecule has 0 saturated carbocycles. The summed E-state index contributed by atoms with van der Waals surface area (Å²) in [6.07, 6.45) is 10.8. The number of hydrogen-bond acceptors (Lipinski definition) is 1. The third kappa shape index (κ3) is 7.87. The van der Waals surface area contributed by atoms with Crippen molar-refractivity contribution in [2.75, 3.05) is 6.16 Å². The minimum Gasteiger partial charge on any atom is -1.00 e. The highest BCUT2D eigenvalue weighted by Gasteiger charge is 2.44. The molecule has 0 unspecified atom stereocenters. The predicted molar refractivity (Wildman–Crippen MR) is 157 cm³/mol. The van der Waals surface area contributed by atoms with Gasteiger partial charge in [-0.2, -0.15) is 0 Å². The van der Waals surface area contributed by atoms with Gasteiger partial charge in [-0.05, 0) is 83.5 Å². The van der Waals surface area contributed by atoms with Gasteiger partial charge >= 0.3 is 0 Å². The Hall–Kier alpha value is -2.25. The second-order valence-electron chi connectivity index (χ2n) is 10.1. The molecule has 0 aromatic heterocycles. The van der Waals surface area contributed by atoms with Gasteiger partial charge in [0.15, 0.2) is 0 Å². The highest BCUT2D eigenvalue weighted by atomic mass is 79.9. The lowest BCUT2D eigenvalue weighted by molar-refractivity contribution is -0.0000208. The number of allylic oxidation sites excluding steroid dienone is 5. The van der Waals surface area contributed by atoms with Crippen LogP contribution in [0.15, 0.2) is 126 Å². The lowest BCUT2D eigenvalue weighted by Crippen LogP contribution is -3.00. The van der Waals surface area contributed by atoms with Gasteiger partial charge in [-0.1, -0.05) is 84.0 Å². The largest absolute Gasteiger partial charge is 1.00 e. The van der Waals surface area contributed by atoms with Crippen molar-refractivity contribution in [3.8, 4) is 0 Å². The lowest BCUT2D eigenvalue weighted by atomic mass is 9.87. The predicted octanol–water partition coefficient (Wildman–Crippen LogP) is 4.23. The average Bonchev–Trinajstić information content (AvgIpc) is 2.85. The summed E-state index contributed by atoms with van der Waals surface area (Å²) < 4.78 is 0. The lowest BCUT2D eigenvalue weighted by Gasteiger charge is -2.27. The van der Waals surface area contributed by atoms with Crippen LogP contribution >= 0.6 is 7.26 Å². The highest BCUT2D eigenvalue weighted by Crippen LogP contribution is 2.55. The molecule has 1 N–H and O–H groups in total. The molecule has 0 spiro atoms. The van der Waals surface area contributed by atoms with Crippen LogP contribution in [0.3, 0.4) is 0 Å². The van der Waals surface area contributed by atoms with Gasteiger partial charge in [0.1, 0.15) is 23.2 Å². The van der Waals surface area contributed by atoms with Gasteiger partial charge in [-0.15, -0.1) is 0 Å². The maximum atomic E-state index is 10.7. The molecule has 0 aliphatic carbocycles. The van der Waals surface area contributed by atoms with Crippen LogP contribution in [0.5, 0.6) is 0 Å². The van der Waals surface area contributed by atoms with Crippen molar-refractivity contribution in [3.05, 3.63) is 126 Å². The Balaban J connectivity index is 0.00000456. The van der Waals surface area contributed by atoms with E-state index >= 15 is 0 Å². The first kappa shape index (κ1) is 30.0. The zero-order chi connectivity index (χ0) is 25.3. The van der Waals surface area contributed by atoms with E-state index in [1.807, 2.05) is 13.8 Å². The summed E-state index contributed by atoms with van der Waals surface area (Å²) in [7, 11) is -1.88. The number of rotatable bonds is 10. The fraction of sp³-hybridized carbons (Fsp3) is 0.273. The smallest absolute Gasteiger partial charge is 0.115 e. The molecule has 190 valence electrons. The van der Waals surface area contributed by atoms with E-state index in [2.05, 4.69) is 136 Å². The molecular weight excluding hydrogens is 523 g/mol. The molecule has 3 aromatic rings. The molecular formula is C33H40BrOP. The molecule has 1 atom stereocenters. The fourth-order valence-electron chi connectivity index (χ4n) is 4.39. The van der Waals surface area contributed by atoms with Gasteiger partial charge in [0, 0.05) is 5.92 Å². The summed E-state index contributed by atoms with van der Waals surface area (Å²) in [5.74, 6) is 0.0673. The quantitative estimate of drug-likeness (QED) is 0.223. The SMILES string of the molecule is CC(C)=CC[C@@H](/C=C/C(C)=C/C[P+](c1ccccc1)(c1ccccc1)c1ccccc1)C(C)(C)O.[Br-]. The zero-order valence-corrected chi connectivity index (χ0v) is 24.7. The van der Waals surface area contributed by atoms with Crippen LogP contribution in [0.25, 0.3) is 0 Å². The molecule has 3 heteroatoms. The first-order valence-electron chi connectivity index (χ1n) is 12.5. The van der Waals surface area contributed by atoms with E-state index in [-0.39, 0.29) is 22.9 Å². The molecule has 0 aliphatic heterocycles. The zero-order valence-electron chi connectivity index (χ0n) is 22.2. The standard InChI is InChI=1S/C33H40OP.BrH/c1-27(2)21-23-29(33(4,5)34)24-22-28(3)25-26-35(30-15-9-6-10-16-30,31-17-11-7-12-18-31)32-19-13-8-14-20-32;/h6-22,24-25,29,34H,23,26H2,1-5H3;1H/q+1;/p-1/b24-22+,28-25+;/t29-;/m0./s1. The van der Waals surface area contributed by atoms with E-state index in [1.165, 1.54) is 27.1 Å². The molecule has 0 saturated heterocycles. The summed E-state index contributed by atoms with van der Waals surface area (Å²) in [5, 5.41) is 14.9. The Morgan fingerprint density at radius 3 is 1.53 bits per heavy atom. The summed E-state index contributed by atoms with van der Waals surface area (Å²) in [6.45, 7) is 10.2. The van der Waals surface area contributed by atoms with Crippen LogP contribution < -0.4 is 32.9 Å².